The molecule has 0 spiro atoms. The number of aromatic amines is 1. The number of H-pyrrole nitrogens is 1. The van der Waals surface area contributed by atoms with Crippen LogP contribution in [0.4, 0.5) is 5.82 Å². The lowest BCUT2D eigenvalue weighted by Gasteiger charge is -2.05. The summed E-state index contributed by atoms with van der Waals surface area (Å²) in [5.74, 6) is 3.81. The first-order valence-electron chi connectivity index (χ1n) is 7.73. The molecule has 0 fully saturated rings. The van der Waals surface area contributed by atoms with Crippen molar-refractivity contribution in [2.24, 2.45) is 0 Å². The van der Waals surface area contributed by atoms with E-state index in [4.69, 9.17) is 34.3 Å². The van der Waals surface area contributed by atoms with Crippen LogP contribution >= 0.6 is 23.6 Å². The van der Waals surface area contributed by atoms with Crippen LogP contribution in [0.2, 0.25) is 0 Å². The van der Waals surface area contributed by atoms with Crippen molar-refractivity contribution in [2.45, 2.75) is 19.4 Å². The van der Waals surface area contributed by atoms with E-state index in [-0.39, 0.29) is 0 Å². The van der Waals surface area contributed by atoms with Crippen LogP contribution in [0.15, 0.2) is 24.3 Å². The van der Waals surface area contributed by atoms with E-state index in [2.05, 4.69) is 15.9 Å². The third-order valence-electron chi connectivity index (χ3n) is 3.83. The second-order valence-corrected chi connectivity index (χ2v) is 6.93. The van der Waals surface area contributed by atoms with Gasteiger partial charge in [-0.25, -0.2) is 9.97 Å². The fourth-order valence-corrected chi connectivity index (χ4v) is 3.88. The Morgan fingerprint density at radius 1 is 1.28 bits per heavy atom. The van der Waals surface area contributed by atoms with Crippen molar-refractivity contribution in [3.8, 4) is 23.2 Å². The summed E-state index contributed by atoms with van der Waals surface area (Å²) in [7, 11) is 0. The van der Waals surface area contributed by atoms with E-state index < -0.39 is 0 Å². The number of thiazole rings is 1. The number of hydrogen-bond donors (Lipinski definition) is 2. The first kappa shape index (κ1) is 15.7. The molecular formula is C17H14N6S2. The van der Waals surface area contributed by atoms with E-state index in [0.29, 0.717) is 34.7 Å². The molecule has 8 heteroatoms. The van der Waals surface area contributed by atoms with Gasteiger partial charge in [-0.05, 0) is 30.8 Å². The molecule has 0 aliphatic rings. The summed E-state index contributed by atoms with van der Waals surface area (Å²) >= 11 is 6.76. The van der Waals surface area contributed by atoms with Crippen LogP contribution in [0.1, 0.15) is 12.8 Å². The fraction of sp³-hybridized carbons (Fsp3) is 0.176. The number of unbranched alkanes of at least 4 members (excludes halogenated alkanes) is 1. The molecule has 0 aliphatic carbocycles. The normalized spacial score (nSPS) is 11.2. The Labute approximate surface area is 152 Å². The Hall–Kier alpha value is -2.76. The average Bonchev–Trinajstić information content (AvgIpc) is 3.17. The molecule has 3 N–H and O–H groups in total. The summed E-state index contributed by atoms with van der Waals surface area (Å²) in [6.45, 7) is 0.678. The summed E-state index contributed by atoms with van der Waals surface area (Å²) in [6, 6.07) is 8.00. The maximum absolute atomic E-state index is 6.06. The van der Waals surface area contributed by atoms with Crippen LogP contribution in [0.5, 0.6) is 0 Å². The van der Waals surface area contributed by atoms with Crippen LogP contribution in [0.3, 0.4) is 0 Å². The summed E-state index contributed by atoms with van der Waals surface area (Å²) in [6.07, 6.45) is 6.87. The lowest BCUT2D eigenvalue weighted by molar-refractivity contribution is 0.672. The van der Waals surface area contributed by atoms with Gasteiger partial charge in [-0.1, -0.05) is 12.1 Å². The molecule has 4 rings (SSSR count). The molecule has 1 aromatic carbocycles. The number of aryl methyl sites for hydroxylation is 1. The van der Waals surface area contributed by atoms with Gasteiger partial charge in [0, 0.05) is 13.0 Å². The van der Waals surface area contributed by atoms with Gasteiger partial charge in [0.15, 0.2) is 21.3 Å². The van der Waals surface area contributed by atoms with Crippen LogP contribution < -0.4 is 5.73 Å². The zero-order valence-corrected chi connectivity index (χ0v) is 14.8. The van der Waals surface area contributed by atoms with E-state index in [1.165, 1.54) is 0 Å². The van der Waals surface area contributed by atoms with Gasteiger partial charge in [0.25, 0.3) is 0 Å². The number of hydrogen-bond acceptors (Lipinski definition) is 6. The molecule has 0 unspecified atom stereocenters. The second-order valence-electron chi connectivity index (χ2n) is 5.51. The molecule has 0 aliphatic heterocycles. The summed E-state index contributed by atoms with van der Waals surface area (Å²) in [5.41, 5.74) is 8.27. The Morgan fingerprint density at radius 3 is 2.92 bits per heavy atom. The third-order valence-corrected chi connectivity index (χ3v) is 5.06. The van der Waals surface area contributed by atoms with Crippen molar-refractivity contribution in [1.29, 1.82) is 0 Å². The van der Waals surface area contributed by atoms with Gasteiger partial charge in [-0.3, -0.25) is 0 Å². The number of benzene rings is 1. The van der Waals surface area contributed by atoms with Gasteiger partial charge in [0.1, 0.15) is 11.3 Å². The molecule has 124 valence electrons. The SMILES string of the molecule is C#CCCCn1c(-c2nc3ccccc3s2)nc2c(N)[nH]c(=S)nc21. The zero-order chi connectivity index (χ0) is 17.4. The Bertz CT molecular complexity index is 1140. The lowest BCUT2D eigenvalue weighted by Crippen LogP contribution is -2.02. The molecule has 0 saturated heterocycles. The first-order chi connectivity index (χ1) is 12.2. The quantitative estimate of drug-likeness (QED) is 0.326. The topological polar surface area (TPSA) is 85.4 Å². The van der Waals surface area contributed by atoms with Crippen molar-refractivity contribution in [3.63, 3.8) is 0 Å². The predicted molar refractivity (Wildman–Crippen MR) is 104 cm³/mol. The van der Waals surface area contributed by atoms with Crippen LogP contribution in [0, 0.1) is 17.1 Å². The van der Waals surface area contributed by atoms with Gasteiger partial charge in [0.05, 0.1) is 10.2 Å². The van der Waals surface area contributed by atoms with E-state index in [9.17, 15) is 0 Å². The van der Waals surface area contributed by atoms with E-state index in [1.807, 2.05) is 28.8 Å². The highest BCUT2D eigenvalue weighted by Gasteiger charge is 2.19. The monoisotopic (exact) mass is 366 g/mol. The molecule has 0 atom stereocenters. The van der Waals surface area contributed by atoms with Gasteiger partial charge >= 0.3 is 0 Å². The number of anilines is 1. The minimum atomic E-state index is 0.332. The molecule has 25 heavy (non-hydrogen) atoms. The average molecular weight is 366 g/mol. The number of rotatable bonds is 4. The Morgan fingerprint density at radius 2 is 2.12 bits per heavy atom. The smallest absolute Gasteiger partial charge is 0.200 e. The van der Waals surface area contributed by atoms with E-state index >= 15 is 0 Å². The number of aromatic nitrogens is 5. The van der Waals surface area contributed by atoms with E-state index in [1.54, 1.807) is 11.3 Å². The summed E-state index contributed by atoms with van der Waals surface area (Å²) < 4.78 is 3.44. The minimum Gasteiger partial charge on any atom is -0.383 e. The second kappa shape index (κ2) is 6.27. The molecule has 4 aromatic rings. The molecule has 0 radical (unpaired) electrons. The van der Waals surface area contributed by atoms with Gasteiger partial charge in [-0.15, -0.1) is 23.7 Å². The maximum Gasteiger partial charge on any atom is 0.200 e. The number of terminal acetylenes is 1. The number of imidazole rings is 1. The van der Waals surface area contributed by atoms with Crippen molar-refractivity contribution in [2.75, 3.05) is 5.73 Å². The number of para-hydroxylation sites is 1. The molecular weight excluding hydrogens is 352 g/mol. The third kappa shape index (κ3) is 2.77. The first-order valence-corrected chi connectivity index (χ1v) is 8.95. The minimum absolute atomic E-state index is 0.332. The van der Waals surface area contributed by atoms with E-state index in [0.717, 1.165) is 27.5 Å². The lowest BCUT2D eigenvalue weighted by atomic mass is 10.3. The summed E-state index contributed by atoms with van der Waals surface area (Å²) in [5, 5.41) is 0.824. The molecule has 3 aromatic heterocycles. The van der Waals surface area contributed by atoms with Crippen LogP contribution in [-0.2, 0) is 6.54 Å². The van der Waals surface area contributed by atoms with Crippen molar-refractivity contribution in [3.05, 3.63) is 29.0 Å². The van der Waals surface area contributed by atoms with Gasteiger partial charge in [0.2, 0.25) is 0 Å². The van der Waals surface area contributed by atoms with Gasteiger partial charge < -0.3 is 15.3 Å². The highest BCUT2D eigenvalue weighted by molar-refractivity contribution is 7.71. The molecule has 3 heterocycles. The highest BCUT2D eigenvalue weighted by Crippen LogP contribution is 2.32. The predicted octanol–water partition coefficient (Wildman–Crippen LogP) is 3.76. The van der Waals surface area contributed by atoms with Crippen LogP contribution in [-0.4, -0.2) is 24.5 Å². The van der Waals surface area contributed by atoms with Crippen molar-refractivity contribution in [1.82, 2.24) is 24.5 Å². The highest BCUT2D eigenvalue weighted by atomic mass is 32.1. The standard InChI is InChI=1S/C17H14N6S2/c1-2-3-6-9-23-14-12(13(18)21-17(24)22-14)20-15(23)16-19-10-7-4-5-8-11(10)25-16/h1,4-5,7-8H,3,6,9H2,(H3,18,21,22,24). The number of nitrogens with two attached hydrogens (primary N) is 1. The van der Waals surface area contributed by atoms with Crippen molar-refractivity contribution >= 4 is 50.8 Å². The molecule has 0 saturated carbocycles. The molecule has 0 bridgehead atoms. The summed E-state index contributed by atoms with van der Waals surface area (Å²) in [4.78, 5) is 16.7. The molecule has 0 amide bonds. The van der Waals surface area contributed by atoms with Crippen molar-refractivity contribution < 1.29 is 0 Å². The van der Waals surface area contributed by atoms with Crippen LogP contribution in [0.25, 0.3) is 32.2 Å². The molecule has 6 nitrogen and oxygen atoms in total. The fourth-order valence-electron chi connectivity index (χ4n) is 2.72. The number of nitrogens with zero attached hydrogens (tertiary/aromatic N) is 4. The zero-order valence-electron chi connectivity index (χ0n) is 13.2. The number of nitrogens with one attached hydrogen (secondary N) is 1. The number of nitrogen functional groups attached to an aromatic ring is 1. The Balaban J connectivity index is 1.95. The number of fused-ring (bicyclic) bond motifs is 2. The Kier molecular flexibility index (Phi) is 3.95. The van der Waals surface area contributed by atoms with Gasteiger partial charge in [-0.2, -0.15) is 4.98 Å². The largest absolute Gasteiger partial charge is 0.383 e. The maximum atomic E-state index is 6.06.